The molecule has 0 aliphatic carbocycles. The molecule has 3 nitrogen and oxygen atoms in total. The highest BCUT2D eigenvalue weighted by Gasteiger charge is 2.02. The van der Waals surface area contributed by atoms with Gasteiger partial charge in [-0.2, -0.15) is 0 Å². The van der Waals surface area contributed by atoms with Crippen LogP contribution in [-0.2, 0) is 11.2 Å². The van der Waals surface area contributed by atoms with Crippen molar-refractivity contribution in [2.75, 3.05) is 13.1 Å². The van der Waals surface area contributed by atoms with Gasteiger partial charge in [0.05, 0.1) is 0 Å². The second kappa shape index (κ2) is 8.11. The number of hydrogen-bond donors (Lipinski definition) is 2. The van der Waals surface area contributed by atoms with Crippen LogP contribution in [0.3, 0.4) is 0 Å². The lowest BCUT2D eigenvalue weighted by atomic mass is 10.1. The van der Waals surface area contributed by atoms with Gasteiger partial charge in [-0.05, 0) is 44.5 Å². The fourth-order valence-electron chi connectivity index (χ4n) is 1.65. The van der Waals surface area contributed by atoms with Crippen molar-refractivity contribution in [3.05, 3.63) is 34.9 Å². The SMILES string of the molecule is CC(C)NC(=O)CCNCCc1cccc(Cl)c1. The highest BCUT2D eigenvalue weighted by Crippen LogP contribution is 2.10. The van der Waals surface area contributed by atoms with Crippen LogP contribution in [0.2, 0.25) is 5.02 Å². The molecule has 1 rings (SSSR count). The Labute approximate surface area is 114 Å². The maximum atomic E-state index is 11.4. The Morgan fingerprint density at radius 3 is 2.78 bits per heavy atom. The van der Waals surface area contributed by atoms with Crippen LogP contribution in [0.15, 0.2) is 24.3 Å². The van der Waals surface area contributed by atoms with E-state index in [1.54, 1.807) is 0 Å². The Bertz CT molecular complexity index is 380. The van der Waals surface area contributed by atoms with E-state index < -0.39 is 0 Å². The van der Waals surface area contributed by atoms with Gasteiger partial charge in [0.2, 0.25) is 5.91 Å². The van der Waals surface area contributed by atoms with E-state index in [4.69, 9.17) is 11.6 Å². The Balaban J connectivity index is 2.10. The number of nitrogens with one attached hydrogen (secondary N) is 2. The number of halogens is 1. The Hall–Kier alpha value is -1.06. The smallest absolute Gasteiger partial charge is 0.221 e. The first-order valence-electron chi connectivity index (χ1n) is 6.32. The third-order valence-corrected chi connectivity index (χ3v) is 2.69. The van der Waals surface area contributed by atoms with Gasteiger partial charge in [-0.25, -0.2) is 0 Å². The number of carbonyl (C=O) groups is 1. The molecule has 1 aromatic carbocycles. The summed E-state index contributed by atoms with van der Waals surface area (Å²) < 4.78 is 0. The lowest BCUT2D eigenvalue weighted by Gasteiger charge is -2.09. The van der Waals surface area contributed by atoms with E-state index in [0.717, 1.165) is 18.0 Å². The minimum Gasteiger partial charge on any atom is -0.354 e. The third kappa shape index (κ3) is 6.62. The molecule has 1 amide bonds. The molecule has 0 heterocycles. The summed E-state index contributed by atoms with van der Waals surface area (Å²) in [5.74, 6) is 0.0975. The largest absolute Gasteiger partial charge is 0.354 e. The summed E-state index contributed by atoms with van der Waals surface area (Å²) in [6, 6.07) is 8.06. The molecule has 0 aromatic heterocycles. The van der Waals surface area contributed by atoms with Gasteiger partial charge in [-0.3, -0.25) is 4.79 Å². The monoisotopic (exact) mass is 268 g/mol. The van der Waals surface area contributed by atoms with Crippen LogP contribution in [0.5, 0.6) is 0 Å². The maximum Gasteiger partial charge on any atom is 0.221 e. The number of hydrogen-bond acceptors (Lipinski definition) is 2. The fraction of sp³-hybridized carbons (Fsp3) is 0.500. The zero-order valence-electron chi connectivity index (χ0n) is 11.0. The van der Waals surface area contributed by atoms with Crippen molar-refractivity contribution in [3.8, 4) is 0 Å². The molecule has 0 radical (unpaired) electrons. The third-order valence-electron chi connectivity index (χ3n) is 2.46. The molecule has 0 saturated carbocycles. The van der Waals surface area contributed by atoms with Gasteiger partial charge in [0.15, 0.2) is 0 Å². The first kappa shape index (κ1) is 15.0. The fourth-order valence-corrected chi connectivity index (χ4v) is 1.86. The van der Waals surface area contributed by atoms with E-state index in [-0.39, 0.29) is 11.9 Å². The van der Waals surface area contributed by atoms with E-state index in [9.17, 15) is 4.79 Å². The quantitative estimate of drug-likeness (QED) is 0.746. The Morgan fingerprint density at radius 1 is 1.33 bits per heavy atom. The van der Waals surface area contributed by atoms with Crippen LogP contribution in [0.25, 0.3) is 0 Å². The first-order chi connectivity index (χ1) is 8.58. The summed E-state index contributed by atoms with van der Waals surface area (Å²) in [4.78, 5) is 11.4. The second-order valence-electron chi connectivity index (χ2n) is 4.60. The minimum atomic E-state index is 0.0975. The molecule has 0 spiro atoms. The molecule has 0 saturated heterocycles. The lowest BCUT2D eigenvalue weighted by molar-refractivity contribution is -0.121. The van der Waals surface area contributed by atoms with Gasteiger partial charge in [-0.1, -0.05) is 23.7 Å². The van der Waals surface area contributed by atoms with Crippen molar-refractivity contribution in [1.82, 2.24) is 10.6 Å². The average Bonchev–Trinajstić information content (AvgIpc) is 2.27. The van der Waals surface area contributed by atoms with E-state index in [2.05, 4.69) is 16.7 Å². The number of rotatable bonds is 7. The second-order valence-corrected chi connectivity index (χ2v) is 5.04. The summed E-state index contributed by atoms with van der Waals surface area (Å²) in [5, 5.41) is 6.88. The topological polar surface area (TPSA) is 41.1 Å². The predicted octanol–water partition coefficient (Wildman–Crippen LogP) is 2.39. The van der Waals surface area contributed by atoms with Crippen LogP contribution >= 0.6 is 11.6 Å². The van der Waals surface area contributed by atoms with Gasteiger partial charge >= 0.3 is 0 Å². The predicted molar refractivity (Wildman–Crippen MR) is 75.9 cm³/mol. The van der Waals surface area contributed by atoms with Gasteiger partial charge in [0.1, 0.15) is 0 Å². The summed E-state index contributed by atoms with van der Waals surface area (Å²) in [5.41, 5.74) is 1.21. The summed E-state index contributed by atoms with van der Waals surface area (Å²) >= 11 is 5.90. The van der Waals surface area contributed by atoms with Crippen molar-refractivity contribution in [1.29, 1.82) is 0 Å². The highest BCUT2D eigenvalue weighted by atomic mass is 35.5. The van der Waals surface area contributed by atoms with Crippen molar-refractivity contribution in [3.63, 3.8) is 0 Å². The molecule has 2 N–H and O–H groups in total. The summed E-state index contributed by atoms with van der Waals surface area (Å²) in [7, 11) is 0. The van der Waals surface area contributed by atoms with Crippen LogP contribution in [-0.4, -0.2) is 25.0 Å². The molecule has 0 aliphatic heterocycles. The Morgan fingerprint density at radius 2 is 2.11 bits per heavy atom. The van der Waals surface area contributed by atoms with Crippen LogP contribution in [0, 0.1) is 0 Å². The van der Waals surface area contributed by atoms with E-state index >= 15 is 0 Å². The number of carbonyl (C=O) groups excluding carboxylic acids is 1. The van der Waals surface area contributed by atoms with E-state index in [1.807, 2.05) is 32.0 Å². The minimum absolute atomic E-state index is 0.0975. The molecule has 0 fully saturated rings. The molecule has 1 aromatic rings. The lowest BCUT2D eigenvalue weighted by Crippen LogP contribution is -2.32. The molecular formula is C14H21ClN2O. The average molecular weight is 269 g/mol. The van der Waals surface area contributed by atoms with E-state index in [0.29, 0.717) is 13.0 Å². The zero-order valence-corrected chi connectivity index (χ0v) is 11.8. The van der Waals surface area contributed by atoms with E-state index in [1.165, 1.54) is 5.56 Å². The van der Waals surface area contributed by atoms with Gasteiger partial charge in [0, 0.05) is 24.0 Å². The molecule has 0 atom stereocenters. The first-order valence-corrected chi connectivity index (χ1v) is 6.70. The molecular weight excluding hydrogens is 248 g/mol. The highest BCUT2D eigenvalue weighted by molar-refractivity contribution is 6.30. The summed E-state index contributed by atoms with van der Waals surface area (Å²) in [6.07, 6.45) is 1.44. The van der Waals surface area contributed by atoms with Crippen molar-refractivity contribution in [2.45, 2.75) is 32.7 Å². The summed E-state index contributed by atoms with van der Waals surface area (Å²) in [6.45, 7) is 5.49. The Kier molecular flexibility index (Phi) is 6.76. The number of benzene rings is 1. The normalized spacial score (nSPS) is 10.7. The molecule has 0 aliphatic rings. The van der Waals surface area contributed by atoms with Gasteiger partial charge in [-0.15, -0.1) is 0 Å². The molecule has 4 heteroatoms. The standard InChI is InChI=1S/C14H21ClN2O/c1-11(2)17-14(18)7-9-16-8-6-12-4-3-5-13(15)10-12/h3-5,10-11,16H,6-9H2,1-2H3,(H,17,18). The maximum absolute atomic E-state index is 11.4. The van der Waals surface area contributed by atoms with Crippen molar-refractivity contribution in [2.24, 2.45) is 0 Å². The number of amides is 1. The van der Waals surface area contributed by atoms with Crippen LogP contribution in [0.4, 0.5) is 0 Å². The molecule has 18 heavy (non-hydrogen) atoms. The van der Waals surface area contributed by atoms with Gasteiger partial charge in [0.25, 0.3) is 0 Å². The molecule has 100 valence electrons. The van der Waals surface area contributed by atoms with Crippen LogP contribution in [0.1, 0.15) is 25.8 Å². The zero-order chi connectivity index (χ0) is 13.4. The van der Waals surface area contributed by atoms with Crippen molar-refractivity contribution >= 4 is 17.5 Å². The van der Waals surface area contributed by atoms with Crippen molar-refractivity contribution < 1.29 is 4.79 Å². The van der Waals surface area contributed by atoms with Gasteiger partial charge < -0.3 is 10.6 Å². The molecule has 0 unspecified atom stereocenters. The van der Waals surface area contributed by atoms with Crippen LogP contribution < -0.4 is 10.6 Å². The molecule has 0 bridgehead atoms.